The number of aromatic carboxylic acids is 1. The van der Waals surface area contributed by atoms with Crippen LogP contribution in [-0.4, -0.2) is 25.6 Å². The van der Waals surface area contributed by atoms with Gasteiger partial charge in [0.15, 0.2) is 0 Å². The molecule has 0 spiro atoms. The first-order chi connectivity index (χ1) is 9.82. The van der Waals surface area contributed by atoms with Crippen LogP contribution in [-0.2, 0) is 12.6 Å². The first-order valence-electron chi connectivity index (χ1n) is 6.16. The lowest BCUT2D eigenvalue weighted by Gasteiger charge is -2.05. The van der Waals surface area contributed by atoms with E-state index in [1.165, 1.54) is 12.4 Å². The Balaban J connectivity index is 2.50. The van der Waals surface area contributed by atoms with Gasteiger partial charge in [0.1, 0.15) is 12.1 Å². The topological polar surface area (TPSA) is 68.0 Å². The van der Waals surface area contributed by atoms with E-state index < -0.39 is 23.3 Å². The number of halogens is 3. The van der Waals surface area contributed by atoms with Crippen molar-refractivity contribution in [3.8, 4) is 5.82 Å². The van der Waals surface area contributed by atoms with E-state index in [1.807, 2.05) is 6.92 Å². The summed E-state index contributed by atoms with van der Waals surface area (Å²) in [5.41, 5.74) is -1.33. The normalized spacial score (nSPS) is 11.6. The molecule has 2 aromatic rings. The molecule has 0 aliphatic rings. The van der Waals surface area contributed by atoms with Gasteiger partial charge in [0.05, 0.1) is 11.1 Å². The molecule has 112 valence electrons. The van der Waals surface area contributed by atoms with Crippen LogP contribution in [0.2, 0.25) is 0 Å². The molecule has 0 unspecified atom stereocenters. The summed E-state index contributed by atoms with van der Waals surface area (Å²) in [6, 6.07) is 1.54. The standard InChI is InChI=1S/C13H12F3N3O2/c1-2-3-8-4-11(18-7-17-8)19-5-9(12(20)21)10(6-19)13(14,15)16/h4-7H,2-3H2,1H3,(H,20,21). The SMILES string of the molecule is CCCc1cc(-n2cc(C(=O)O)c(C(F)(F)F)c2)ncn1. The molecule has 8 heteroatoms. The Bertz CT molecular complexity index is 665. The Labute approximate surface area is 118 Å². The number of carbonyl (C=O) groups is 1. The summed E-state index contributed by atoms with van der Waals surface area (Å²) in [5.74, 6) is -1.43. The number of carboxylic acids is 1. The predicted molar refractivity (Wildman–Crippen MR) is 67.3 cm³/mol. The number of carboxylic acid groups (broad SMARTS) is 1. The van der Waals surface area contributed by atoms with E-state index in [2.05, 4.69) is 9.97 Å². The minimum absolute atomic E-state index is 0.200. The molecule has 0 bridgehead atoms. The maximum atomic E-state index is 12.8. The third kappa shape index (κ3) is 3.21. The van der Waals surface area contributed by atoms with Gasteiger partial charge in [-0.1, -0.05) is 13.3 Å². The van der Waals surface area contributed by atoms with Crippen LogP contribution in [0.4, 0.5) is 13.2 Å². The van der Waals surface area contributed by atoms with Crippen LogP contribution in [0.15, 0.2) is 24.8 Å². The van der Waals surface area contributed by atoms with Gasteiger partial charge in [0, 0.05) is 24.2 Å². The predicted octanol–water partition coefficient (Wildman–Crippen LogP) is 2.94. The lowest BCUT2D eigenvalue weighted by molar-refractivity contribution is -0.138. The molecule has 0 aromatic carbocycles. The largest absolute Gasteiger partial charge is 0.478 e. The quantitative estimate of drug-likeness (QED) is 0.942. The number of nitrogens with zero attached hydrogens (tertiary/aromatic N) is 3. The monoisotopic (exact) mass is 299 g/mol. The maximum Gasteiger partial charge on any atom is 0.418 e. The second kappa shape index (κ2) is 5.55. The Morgan fingerprint density at radius 2 is 2.05 bits per heavy atom. The van der Waals surface area contributed by atoms with Gasteiger partial charge in [-0.2, -0.15) is 13.2 Å². The number of aromatic nitrogens is 3. The summed E-state index contributed by atoms with van der Waals surface area (Å²) in [5, 5.41) is 8.88. The second-order valence-electron chi connectivity index (χ2n) is 4.41. The molecule has 0 radical (unpaired) electrons. The smallest absolute Gasteiger partial charge is 0.418 e. The maximum absolute atomic E-state index is 12.8. The van der Waals surface area contributed by atoms with Crippen LogP contribution < -0.4 is 0 Å². The van der Waals surface area contributed by atoms with Crippen LogP contribution in [0.25, 0.3) is 5.82 Å². The van der Waals surface area contributed by atoms with E-state index in [4.69, 9.17) is 5.11 Å². The fourth-order valence-corrected chi connectivity index (χ4v) is 1.90. The molecule has 0 fully saturated rings. The summed E-state index contributed by atoms with van der Waals surface area (Å²) in [6.07, 6.45) is -0.373. The minimum Gasteiger partial charge on any atom is -0.478 e. The number of hydrogen-bond acceptors (Lipinski definition) is 3. The number of rotatable bonds is 4. The number of aryl methyl sites for hydroxylation is 1. The van der Waals surface area contributed by atoms with E-state index >= 15 is 0 Å². The molecule has 2 rings (SSSR count). The zero-order valence-corrected chi connectivity index (χ0v) is 11.1. The molecule has 0 saturated carbocycles. The lowest BCUT2D eigenvalue weighted by atomic mass is 10.2. The molecular formula is C13H12F3N3O2. The van der Waals surface area contributed by atoms with Crippen LogP contribution >= 0.6 is 0 Å². The van der Waals surface area contributed by atoms with E-state index in [0.29, 0.717) is 12.1 Å². The van der Waals surface area contributed by atoms with Crippen LogP contribution in [0.3, 0.4) is 0 Å². The van der Waals surface area contributed by atoms with Crippen molar-refractivity contribution in [2.24, 2.45) is 0 Å². The van der Waals surface area contributed by atoms with Crippen LogP contribution in [0.5, 0.6) is 0 Å². The van der Waals surface area contributed by atoms with Gasteiger partial charge < -0.3 is 9.67 Å². The molecule has 1 N–H and O–H groups in total. The molecule has 5 nitrogen and oxygen atoms in total. The Morgan fingerprint density at radius 1 is 1.33 bits per heavy atom. The zero-order chi connectivity index (χ0) is 15.6. The molecular weight excluding hydrogens is 287 g/mol. The summed E-state index contributed by atoms with van der Waals surface area (Å²) < 4.78 is 39.5. The third-order valence-corrected chi connectivity index (χ3v) is 2.84. The van der Waals surface area contributed by atoms with Gasteiger partial charge in [-0.05, 0) is 6.42 Å². The van der Waals surface area contributed by atoms with E-state index in [1.54, 1.807) is 0 Å². The molecule has 2 aromatic heterocycles. The van der Waals surface area contributed by atoms with Gasteiger partial charge in [-0.15, -0.1) is 0 Å². The van der Waals surface area contributed by atoms with E-state index in [-0.39, 0.29) is 5.82 Å². The number of alkyl halides is 3. The van der Waals surface area contributed by atoms with Gasteiger partial charge in [0.25, 0.3) is 0 Å². The van der Waals surface area contributed by atoms with Crippen LogP contribution in [0, 0.1) is 0 Å². The van der Waals surface area contributed by atoms with Crippen molar-refractivity contribution >= 4 is 5.97 Å². The Kier molecular flexibility index (Phi) is 3.97. The third-order valence-electron chi connectivity index (χ3n) is 2.84. The van der Waals surface area contributed by atoms with Crippen molar-refractivity contribution in [3.05, 3.63) is 41.6 Å². The highest BCUT2D eigenvalue weighted by Crippen LogP contribution is 2.33. The summed E-state index contributed by atoms with van der Waals surface area (Å²) >= 11 is 0. The van der Waals surface area contributed by atoms with Crippen molar-refractivity contribution in [1.29, 1.82) is 0 Å². The average molecular weight is 299 g/mol. The van der Waals surface area contributed by atoms with Crippen LogP contribution in [0.1, 0.15) is 35.0 Å². The molecule has 0 aliphatic carbocycles. The zero-order valence-electron chi connectivity index (χ0n) is 11.1. The molecule has 0 aliphatic heterocycles. The Morgan fingerprint density at radius 3 is 2.57 bits per heavy atom. The highest BCUT2D eigenvalue weighted by molar-refractivity contribution is 5.89. The first-order valence-corrected chi connectivity index (χ1v) is 6.16. The van der Waals surface area contributed by atoms with Crippen molar-refractivity contribution < 1.29 is 23.1 Å². The fourth-order valence-electron chi connectivity index (χ4n) is 1.90. The minimum atomic E-state index is -4.74. The highest BCUT2D eigenvalue weighted by Gasteiger charge is 2.37. The summed E-state index contributed by atoms with van der Waals surface area (Å²) in [7, 11) is 0. The van der Waals surface area contributed by atoms with E-state index in [0.717, 1.165) is 23.4 Å². The molecule has 2 heterocycles. The van der Waals surface area contributed by atoms with Gasteiger partial charge >= 0.3 is 12.1 Å². The summed E-state index contributed by atoms with van der Waals surface area (Å²) in [6.45, 7) is 1.95. The van der Waals surface area contributed by atoms with E-state index in [9.17, 15) is 18.0 Å². The summed E-state index contributed by atoms with van der Waals surface area (Å²) in [4.78, 5) is 18.8. The highest BCUT2D eigenvalue weighted by atomic mass is 19.4. The van der Waals surface area contributed by atoms with Crippen molar-refractivity contribution in [3.63, 3.8) is 0 Å². The van der Waals surface area contributed by atoms with Crippen molar-refractivity contribution in [2.45, 2.75) is 25.9 Å². The molecule has 0 atom stereocenters. The molecule has 0 saturated heterocycles. The second-order valence-corrected chi connectivity index (χ2v) is 4.41. The first kappa shape index (κ1) is 15.0. The Hall–Kier alpha value is -2.38. The van der Waals surface area contributed by atoms with Crippen molar-refractivity contribution in [1.82, 2.24) is 14.5 Å². The fraction of sp³-hybridized carbons (Fsp3) is 0.308. The van der Waals surface area contributed by atoms with Gasteiger partial charge in [0.2, 0.25) is 0 Å². The average Bonchev–Trinajstić information content (AvgIpc) is 2.84. The van der Waals surface area contributed by atoms with Gasteiger partial charge in [-0.3, -0.25) is 0 Å². The molecule has 0 amide bonds. The van der Waals surface area contributed by atoms with Crippen molar-refractivity contribution in [2.75, 3.05) is 0 Å². The number of hydrogen-bond donors (Lipinski definition) is 1. The van der Waals surface area contributed by atoms with Gasteiger partial charge in [-0.25, -0.2) is 14.8 Å². The lowest BCUT2D eigenvalue weighted by Crippen LogP contribution is -2.09. The molecule has 21 heavy (non-hydrogen) atoms.